The molecule has 0 fully saturated rings. The smallest absolute Gasteiger partial charge is 0.0329 e. The van der Waals surface area contributed by atoms with E-state index in [-0.39, 0.29) is 0 Å². The largest absolute Gasteiger partial charge is 0.310 e. The standard InChI is InChI=1S/C20H29N/c1-5-14-21-19(13-10-15(2)3)20-16(4)11-12-17-8-6-7-9-18(17)20/h6-9,11-12,15,19,21H,5,10,13-14H2,1-4H3. The van der Waals surface area contributed by atoms with Crippen LogP contribution in [0.25, 0.3) is 10.8 Å². The van der Waals surface area contributed by atoms with Crippen LogP contribution in [0.2, 0.25) is 0 Å². The second-order valence-corrected chi connectivity index (χ2v) is 6.50. The Bertz CT molecular complexity index is 571. The van der Waals surface area contributed by atoms with Crippen LogP contribution in [0.5, 0.6) is 0 Å². The van der Waals surface area contributed by atoms with Gasteiger partial charge in [-0.05, 0) is 60.5 Å². The van der Waals surface area contributed by atoms with Crippen molar-refractivity contribution in [3.05, 3.63) is 47.5 Å². The van der Waals surface area contributed by atoms with Crippen LogP contribution in [0.4, 0.5) is 0 Å². The van der Waals surface area contributed by atoms with E-state index in [2.05, 4.69) is 69.4 Å². The Hall–Kier alpha value is -1.34. The highest BCUT2D eigenvalue weighted by atomic mass is 14.9. The van der Waals surface area contributed by atoms with Crippen molar-refractivity contribution in [1.29, 1.82) is 0 Å². The predicted octanol–water partition coefficient (Wildman–Crippen LogP) is 5.63. The minimum Gasteiger partial charge on any atom is -0.310 e. The maximum atomic E-state index is 3.77. The molecule has 1 nitrogen and oxygen atoms in total. The minimum atomic E-state index is 0.471. The highest BCUT2D eigenvalue weighted by molar-refractivity contribution is 5.87. The Morgan fingerprint density at radius 3 is 2.48 bits per heavy atom. The first-order valence-corrected chi connectivity index (χ1v) is 8.35. The summed E-state index contributed by atoms with van der Waals surface area (Å²) in [6.07, 6.45) is 3.67. The molecule has 0 aliphatic carbocycles. The van der Waals surface area contributed by atoms with Crippen molar-refractivity contribution in [3.63, 3.8) is 0 Å². The van der Waals surface area contributed by atoms with Gasteiger partial charge >= 0.3 is 0 Å². The SMILES string of the molecule is CCCNC(CCC(C)C)c1c(C)ccc2ccccc12. The number of fused-ring (bicyclic) bond motifs is 1. The van der Waals surface area contributed by atoms with Crippen LogP contribution in [0.15, 0.2) is 36.4 Å². The Morgan fingerprint density at radius 1 is 1.00 bits per heavy atom. The number of nitrogens with one attached hydrogen (secondary N) is 1. The molecule has 0 radical (unpaired) electrons. The van der Waals surface area contributed by atoms with Crippen LogP contribution < -0.4 is 5.32 Å². The van der Waals surface area contributed by atoms with Gasteiger partial charge in [0.05, 0.1) is 0 Å². The molecular weight excluding hydrogens is 254 g/mol. The lowest BCUT2D eigenvalue weighted by Gasteiger charge is -2.23. The highest BCUT2D eigenvalue weighted by Crippen LogP contribution is 2.31. The molecule has 2 rings (SSSR count). The first kappa shape index (κ1) is 16.0. The fraction of sp³-hybridized carbons (Fsp3) is 0.500. The van der Waals surface area contributed by atoms with Crippen molar-refractivity contribution in [2.75, 3.05) is 6.54 Å². The molecule has 2 aromatic rings. The van der Waals surface area contributed by atoms with E-state index in [9.17, 15) is 0 Å². The van der Waals surface area contributed by atoms with Gasteiger partial charge in [-0.3, -0.25) is 0 Å². The molecule has 0 bridgehead atoms. The summed E-state index contributed by atoms with van der Waals surface area (Å²) in [5.41, 5.74) is 2.91. The van der Waals surface area contributed by atoms with Crippen molar-refractivity contribution in [1.82, 2.24) is 5.32 Å². The predicted molar refractivity (Wildman–Crippen MR) is 93.8 cm³/mol. The van der Waals surface area contributed by atoms with E-state index >= 15 is 0 Å². The van der Waals surface area contributed by atoms with Crippen LogP contribution in [-0.4, -0.2) is 6.54 Å². The normalized spacial score (nSPS) is 13.0. The summed E-state index contributed by atoms with van der Waals surface area (Å²) < 4.78 is 0. The number of benzene rings is 2. The summed E-state index contributed by atoms with van der Waals surface area (Å²) in [5.74, 6) is 0.756. The molecule has 0 amide bonds. The molecule has 0 saturated carbocycles. The average Bonchev–Trinajstić information content (AvgIpc) is 2.48. The summed E-state index contributed by atoms with van der Waals surface area (Å²) in [7, 11) is 0. The molecule has 0 heterocycles. The zero-order chi connectivity index (χ0) is 15.2. The quantitative estimate of drug-likeness (QED) is 0.695. The Kier molecular flexibility index (Phi) is 5.81. The summed E-state index contributed by atoms with van der Waals surface area (Å²) >= 11 is 0. The zero-order valence-corrected chi connectivity index (χ0v) is 13.9. The topological polar surface area (TPSA) is 12.0 Å². The number of rotatable bonds is 7. The monoisotopic (exact) mass is 283 g/mol. The van der Waals surface area contributed by atoms with Gasteiger partial charge in [0.1, 0.15) is 0 Å². The third-order valence-electron chi connectivity index (χ3n) is 4.21. The molecule has 0 aromatic heterocycles. The molecule has 1 heteroatoms. The van der Waals surface area contributed by atoms with Gasteiger partial charge in [-0.1, -0.05) is 57.2 Å². The van der Waals surface area contributed by atoms with Crippen molar-refractivity contribution < 1.29 is 0 Å². The highest BCUT2D eigenvalue weighted by Gasteiger charge is 2.16. The number of aryl methyl sites for hydroxylation is 1. The van der Waals surface area contributed by atoms with Crippen LogP contribution >= 0.6 is 0 Å². The molecule has 0 aliphatic rings. The summed E-state index contributed by atoms with van der Waals surface area (Å²) in [4.78, 5) is 0. The lowest BCUT2D eigenvalue weighted by atomic mass is 9.90. The van der Waals surface area contributed by atoms with E-state index in [1.54, 1.807) is 0 Å². The molecule has 2 aromatic carbocycles. The molecule has 114 valence electrons. The van der Waals surface area contributed by atoms with E-state index in [4.69, 9.17) is 0 Å². The van der Waals surface area contributed by atoms with E-state index in [1.807, 2.05) is 0 Å². The molecule has 1 N–H and O–H groups in total. The molecule has 1 unspecified atom stereocenters. The van der Waals surface area contributed by atoms with Gasteiger partial charge in [0.15, 0.2) is 0 Å². The van der Waals surface area contributed by atoms with Crippen molar-refractivity contribution in [3.8, 4) is 0 Å². The molecule has 1 atom stereocenters. The molecule has 0 spiro atoms. The second kappa shape index (κ2) is 7.61. The molecule has 0 saturated heterocycles. The Labute approximate surface area is 129 Å². The van der Waals surface area contributed by atoms with E-state index < -0.39 is 0 Å². The van der Waals surface area contributed by atoms with Gasteiger partial charge in [-0.15, -0.1) is 0 Å². The van der Waals surface area contributed by atoms with E-state index in [0.717, 1.165) is 12.5 Å². The van der Waals surface area contributed by atoms with Crippen molar-refractivity contribution >= 4 is 10.8 Å². The van der Waals surface area contributed by atoms with E-state index in [1.165, 1.54) is 41.2 Å². The van der Waals surface area contributed by atoms with Gasteiger partial charge in [0, 0.05) is 6.04 Å². The third kappa shape index (κ3) is 4.07. The van der Waals surface area contributed by atoms with Crippen molar-refractivity contribution in [2.45, 2.75) is 53.0 Å². The summed E-state index contributed by atoms with van der Waals surface area (Å²) in [6.45, 7) is 10.2. The number of hydrogen-bond donors (Lipinski definition) is 1. The Morgan fingerprint density at radius 2 is 1.76 bits per heavy atom. The van der Waals surface area contributed by atoms with Gasteiger partial charge in [0.2, 0.25) is 0 Å². The molecule has 0 aliphatic heterocycles. The minimum absolute atomic E-state index is 0.471. The van der Waals surface area contributed by atoms with Crippen LogP contribution in [-0.2, 0) is 0 Å². The van der Waals surface area contributed by atoms with Crippen molar-refractivity contribution in [2.24, 2.45) is 5.92 Å². The maximum Gasteiger partial charge on any atom is 0.0329 e. The fourth-order valence-corrected chi connectivity index (χ4v) is 3.03. The summed E-state index contributed by atoms with van der Waals surface area (Å²) in [6, 6.07) is 13.8. The van der Waals surface area contributed by atoms with Gasteiger partial charge in [-0.25, -0.2) is 0 Å². The number of hydrogen-bond acceptors (Lipinski definition) is 1. The second-order valence-electron chi connectivity index (χ2n) is 6.50. The lowest BCUT2D eigenvalue weighted by molar-refractivity contribution is 0.441. The van der Waals surface area contributed by atoms with Crippen LogP contribution in [0.1, 0.15) is 57.2 Å². The molecule has 21 heavy (non-hydrogen) atoms. The van der Waals surface area contributed by atoms with Crippen LogP contribution in [0.3, 0.4) is 0 Å². The first-order valence-electron chi connectivity index (χ1n) is 8.35. The van der Waals surface area contributed by atoms with Crippen LogP contribution in [0, 0.1) is 12.8 Å². The fourth-order valence-electron chi connectivity index (χ4n) is 3.03. The third-order valence-corrected chi connectivity index (χ3v) is 4.21. The zero-order valence-electron chi connectivity index (χ0n) is 13.9. The average molecular weight is 283 g/mol. The van der Waals surface area contributed by atoms with Gasteiger partial charge < -0.3 is 5.32 Å². The maximum absolute atomic E-state index is 3.77. The van der Waals surface area contributed by atoms with Gasteiger partial charge in [-0.2, -0.15) is 0 Å². The Balaban J connectivity index is 2.39. The first-order chi connectivity index (χ1) is 10.1. The van der Waals surface area contributed by atoms with E-state index in [0.29, 0.717) is 6.04 Å². The molecular formula is C20H29N. The lowest BCUT2D eigenvalue weighted by Crippen LogP contribution is -2.23. The summed E-state index contributed by atoms with van der Waals surface area (Å²) in [5, 5.41) is 6.54. The van der Waals surface area contributed by atoms with Gasteiger partial charge in [0.25, 0.3) is 0 Å².